The molecule has 0 radical (unpaired) electrons. The van der Waals surface area contributed by atoms with Crippen molar-refractivity contribution in [2.24, 2.45) is 7.05 Å². The summed E-state index contributed by atoms with van der Waals surface area (Å²) in [5.41, 5.74) is 1.70. The molecule has 1 saturated heterocycles. The van der Waals surface area contributed by atoms with Crippen LogP contribution in [0.1, 0.15) is 34.6 Å². The molecular formula is C26H24ClF2N7O. The molecule has 1 N–H and O–H groups in total. The van der Waals surface area contributed by atoms with Gasteiger partial charge in [-0.15, -0.1) is 0 Å². The van der Waals surface area contributed by atoms with Crippen LogP contribution in [0.3, 0.4) is 0 Å². The first-order valence-corrected chi connectivity index (χ1v) is 12.2. The standard InChI is InChI=1S/C26H24ClF2N7O/c1-14-22(26(37)35-8-4-5-17(13-35)31-2)32-25(15-6-7-16(12-30)21(28)9-15)36(14)18-10-19-23(20(27)11-18)33-34(3)24(19)29/h6-7,9-11,17,31H,4-5,8,13H2,1-3H3/t17-/m0/s1. The molecule has 1 amide bonds. The van der Waals surface area contributed by atoms with E-state index in [2.05, 4.69) is 15.4 Å². The molecule has 4 aromatic rings. The van der Waals surface area contributed by atoms with Crippen molar-refractivity contribution in [1.82, 2.24) is 29.5 Å². The van der Waals surface area contributed by atoms with Crippen LogP contribution >= 0.6 is 11.6 Å². The molecule has 1 aliphatic rings. The molecule has 0 bridgehead atoms. The van der Waals surface area contributed by atoms with Gasteiger partial charge in [0.1, 0.15) is 28.9 Å². The van der Waals surface area contributed by atoms with Crippen molar-refractivity contribution in [3.8, 4) is 23.1 Å². The van der Waals surface area contributed by atoms with Crippen LogP contribution in [-0.2, 0) is 7.05 Å². The monoisotopic (exact) mass is 523 g/mol. The fourth-order valence-electron chi connectivity index (χ4n) is 4.85. The Morgan fingerprint density at radius 2 is 2.05 bits per heavy atom. The maximum atomic E-state index is 14.8. The predicted molar refractivity (Wildman–Crippen MR) is 136 cm³/mol. The van der Waals surface area contributed by atoms with Gasteiger partial charge in [-0.3, -0.25) is 9.36 Å². The minimum Gasteiger partial charge on any atom is -0.336 e. The average Bonchev–Trinajstić information content (AvgIpc) is 3.39. The van der Waals surface area contributed by atoms with Crippen molar-refractivity contribution < 1.29 is 13.6 Å². The molecule has 11 heteroatoms. The summed E-state index contributed by atoms with van der Waals surface area (Å²) in [6.07, 6.45) is 1.83. The number of halogens is 3. The average molecular weight is 524 g/mol. The van der Waals surface area contributed by atoms with Crippen LogP contribution in [0, 0.1) is 30.0 Å². The van der Waals surface area contributed by atoms with Crippen LogP contribution in [0.5, 0.6) is 0 Å². The van der Waals surface area contributed by atoms with Crippen LogP contribution in [0.4, 0.5) is 8.78 Å². The Labute approximate surface area is 217 Å². The summed E-state index contributed by atoms with van der Waals surface area (Å²) >= 11 is 6.48. The highest BCUT2D eigenvalue weighted by Gasteiger charge is 2.29. The lowest BCUT2D eigenvalue weighted by Gasteiger charge is -2.32. The molecule has 2 aromatic heterocycles. The largest absolute Gasteiger partial charge is 0.336 e. The number of likely N-dealkylation sites (N-methyl/N-ethyl adjacent to an activating group) is 1. The highest BCUT2D eigenvalue weighted by molar-refractivity contribution is 6.35. The first-order chi connectivity index (χ1) is 17.7. The number of carbonyl (C=O) groups excluding carboxylic acids is 1. The van der Waals surface area contributed by atoms with Crippen molar-refractivity contribution in [3.63, 3.8) is 0 Å². The number of fused-ring (bicyclic) bond motifs is 1. The highest BCUT2D eigenvalue weighted by atomic mass is 35.5. The zero-order chi connectivity index (χ0) is 26.4. The Bertz CT molecular complexity index is 1590. The number of hydrogen-bond acceptors (Lipinski definition) is 5. The van der Waals surface area contributed by atoms with Crippen LogP contribution in [0.25, 0.3) is 28.0 Å². The van der Waals surface area contributed by atoms with E-state index < -0.39 is 11.8 Å². The molecule has 2 aromatic carbocycles. The minimum absolute atomic E-state index is 0.108. The van der Waals surface area contributed by atoms with Gasteiger partial charge in [0.25, 0.3) is 5.91 Å². The van der Waals surface area contributed by atoms with Gasteiger partial charge in [-0.2, -0.15) is 14.8 Å². The first kappa shape index (κ1) is 24.9. The second-order valence-electron chi connectivity index (χ2n) is 9.13. The molecule has 3 heterocycles. The van der Waals surface area contributed by atoms with Crippen molar-refractivity contribution in [1.29, 1.82) is 5.26 Å². The van der Waals surface area contributed by atoms with Crippen LogP contribution in [-0.4, -0.2) is 56.3 Å². The molecule has 1 fully saturated rings. The molecule has 0 spiro atoms. The number of nitrogens with one attached hydrogen (secondary N) is 1. The Morgan fingerprint density at radius 1 is 1.27 bits per heavy atom. The Kier molecular flexibility index (Phi) is 6.43. The van der Waals surface area contributed by atoms with Crippen LogP contribution in [0.2, 0.25) is 5.02 Å². The van der Waals surface area contributed by atoms with Gasteiger partial charge in [-0.1, -0.05) is 11.6 Å². The molecule has 8 nitrogen and oxygen atoms in total. The van der Waals surface area contributed by atoms with Crippen molar-refractivity contribution >= 4 is 28.4 Å². The van der Waals surface area contributed by atoms with Gasteiger partial charge in [0.15, 0.2) is 0 Å². The molecule has 1 aliphatic heterocycles. The van der Waals surface area contributed by atoms with Gasteiger partial charge in [-0.25, -0.2) is 14.1 Å². The summed E-state index contributed by atoms with van der Waals surface area (Å²) in [6.45, 7) is 2.88. The Morgan fingerprint density at radius 3 is 2.76 bits per heavy atom. The molecule has 0 saturated carbocycles. The lowest BCUT2D eigenvalue weighted by Crippen LogP contribution is -2.47. The molecular weight excluding hydrogens is 500 g/mol. The number of nitriles is 1. The third-order valence-corrected chi connectivity index (χ3v) is 7.13. The minimum atomic E-state index is -0.709. The van der Waals surface area contributed by atoms with Gasteiger partial charge >= 0.3 is 0 Å². The molecule has 0 aliphatic carbocycles. The lowest BCUT2D eigenvalue weighted by atomic mass is 10.1. The first-order valence-electron chi connectivity index (χ1n) is 11.8. The van der Waals surface area contributed by atoms with Crippen molar-refractivity contribution in [2.75, 3.05) is 20.1 Å². The van der Waals surface area contributed by atoms with E-state index in [1.807, 2.05) is 7.05 Å². The van der Waals surface area contributed by atoms with E-state index in [1.165, 1.54) is 19.2 Å². The third kappa shape index (κ3) is 4.24. The quantitative estimate of drug-likeness (QED) is 0.429. The van der Waals surface area contributed by atoms with Gasteiger partial charge in [0.05, 0.1) is 21.7 Å². The third-order valence-electron chi connectivity index (χ3n) is 6.84. The van der Waals surface area contributed by atoms with Crippen molar-refractivity contribution in [3.05, 3.63) is 64.1 Å². The van der Waals surface area contributed by atoms with E-state index in [-0.39, 0.29) is 39.4 Å². The van der Waals surface area contributed by atoms with Gasteiger partial charge in [0, 0.05) is 37.4 Å². The van der Waals surface area contributed by atoms with E-state index in [0.717, 1.165) is 17.5 Å². The van der Waals surface area contributed by atoms with E-state index in [0.29, 0.717) is 35.6 Å². The fourth-order valence-corrected chi connectivity index (χ4v) is 5.10. The molecule has 1 atom stereocenters. The summed E-state index contributed by atoms with van der Waals surface area (Å²) in [6, 6.07) is 9.31. The molecule has 5 rings (SSSR count). The summed E-state index contributed by atoms with van der Waals surface area (Å²) in [4.78, 5) is 20.0. The van der Waals surface area contributed by atoms with E-state index in [9.17, 15) is 13.6 Å². The number of benzene rings is 2. The van der Waals surface area contributed by atoms with Gasteiger partial charge < -0.3 is 10.2 Å². The maximum Gasteiger partial charge on any atom is 0.274 e. The summed E-state index contributed by atoms with van der Waals surface area (Å²) in [5, 5.41) is 16.9. The summed E-state index contributed by atoms with van der Waals surface area (Å²) in [5.74, 6) is -1.25. The van der Waals surface area contributed by atoms with Gasteiger partial charge in [0.2, 0.25) is 5.95 Å². The number of likely N-dealkylation sites (tertiary alicyclic amines) is 1. The van der Waals surface area contributed by atoms with Crippen LogP contribution in [0.15, 0.2) is 30.3 Å². The van der Waals surface area contributed by atoms with E-state index in [1.54, 1.807) is 40.7 Å². The molecule has 37 heavy (non-hydrogen) atoms. The van der Waals surface area contributed by atoms with Crippen LogP contribution < -0.4 is 5.32 Å². The summed E-state index contributed by atoms with van der Waals surface area (Å²) in [7, 11) is 3.35. The van der Waals surface area contributed by atoms with Crippen molar-refractivity contribution in [2.45, 2.75) is 25.8 Å². The number of hydrogen-bond donors (Lipinski definition) is 1. The molecule has 190 valence electrons. The normalized spacial score (nSPS) is 15.8. The number of aryl methyl sites for hydroxylation is 1. The zero-order valence-electron chi connectivity index (χ0n) is 20.5. The topological polar surface area (TPSA) is 91.8 Å². The zero-order valence-corrected chi connectivity index (χ0v) is 21.3. The number of imidazole rings is 1. The molecule has 0 unspecified atom stereocenters. The number of amides is 1. The van der Waals surface area contributed by atoms with E-state index >= 15 is 0 Å². The van der Waals surface area contributed by atoms with E-state index in [4.69, 9.17) is 16.9 Å². The number of rotatable bonds is 4. The highest BCUT2D eigenvalue weighted by Crippen LogP contribution is 2.33. The second kappa shape index (κ2) is 9.57. The number of nitrogens with zero attached hydrogens (tertiary/aromatic N) is 6. The second-order valence-corrected chi connectivity index (χ2v) is 9.54. The number of piperidine rings is 1. The number of carbonyl (C=O) groups is 1. The SMILES string of the molecule is CN[C@H]1CCCN(C(=O)c2nc(-c3ccc(C#N)c(F)c3)n(-c3cc(Cl)c4nn(C)c(F)c4c3)c2C)C1. The fraction of sp³-hybridized carbons (Fsp3) is 0.308. The Hall–Kier alpha value is -3.81. The Balaban J connectivity index is 1.71. The number of aromatic nitrogens is 4. The predicted octanol–water partition coefficient (Wildman–Crippen LogP) is 4.36. The maximum absolute atomic E-state index is 14.8. The van der Waals surface area contributed by atoms with Gasteiger partial charge in [-0.05, 0) is 57.1 Å². The lowest BCUT2D eigenvalue weighted by molar-refractivity contribution is 0.0692. The summed E-state index contributed by atoms with van der Waals surface area (Å²) < 4.78 is 32.2. The smallest absolute Gasteiger partial charge is 0.274 e.